The number of anilines is 1. The third-order valence-electron chi connectivity index (χ3n) is 6.54. The third-order valence-corrected chi connectivity index (χ3v) is 7.03. The molecule has 1 N–H and O–H groups in total. The van der Waals surface area contributed by atoms with Gasteiger partial charge in [0.05, 0.1) is 29.7 Å². The Bertz CT molecular complexity index is 1540. The molecule has 2 amide bonds. The molecule has 5 aromatic rings. The molecule has 178 valence electrons. The Morgan fingerprint density at radius 1 is 0.944 bits per heavy atom. The minimum Gasteiger partial charge on any atom is -0.308 e. The Morgan fingerprint density at radius 2 is 1.69 bits per heavy atom. The molecule has 1 atom stereocenters. The third kappa shape index (κ3) is 3.91. The second-order valence-corrected chi connectivity index (χ2v) is 9.74. The molecule has 6 nitrogen and oxygen atoms in total. The van der Waals surface area contributed by atoms with Crippen LogP contribution >= 0.6 is 15.9 Å². The van der Waals surface area contributed by atoms with E-state index < -0.39 is 0 Å². The molecule has 1 aliphatic heterocycles. The quantitative estimate of drug-likeness (QED) is 0.273. The average Bonchev–Trinajstić information content (AvgIpc) is 3.45. The lowest BCUT2D eigenvalue weighted by Crippen LogP contribution is -2.38. The molecule has 0 radical (unpaired) electrons. The van der Waals surface area contributed by atoms with Gasteiger partial charge in [-0.1, -0.05) is 70.5 Å². The summed E-state index contributed by atoms with van der Waals surface area (Å²) in [5, 5.41) is 8.01. The fourth-order valence-corrected chi connectivity index (χ4v) is 5.30. The van der Waals surface area contributed by atoms with Crippen LogP contribution in [0.15, 0.2) is 108 Å². The number of aryl methyl sites for hydroxylation is 1. The van der Waals surface area contributed by atoms with Gasteiger partial charge in [-0.05, 0) is 55.0 Å². The fourth-order valence-electron chi connectivity index (χ4n) is 4.90. The number of para-hydroxylation sites is 1. The van der Waals surface area contributed by atoms with Gasteiger partial charge in [0.15, 0.2) is 0 Å². The van der Waals surface area contributed by atoms with Gasteiger partial charge >= 0.3 is 6.03 Å². The Labute approximate surface area is 217 Å². The van der Waals surface area contributed by atoms with Gasteiger partial charge in [-0.15, -0.1) is 0 Å². The Morgan fingerprint density at radius 3 is 2.44 bits per heavy atom. The Balaban J connectivity index is 1.53. The predicted octanol–water partition coefficient (Wildman–Crippen LogP) is 6.87. The molecule has 0 saturated heterocycles. The van der Waals surface area contributed by atoms with Crippen LogP contribution in [-0.2, 0) is 6.54 Å². The topological polar surface area (TPSA) is 55.1 Å². The Kier molecular flexibility index (Phi) is 5.70. The molecule has 7 heteroatoms. The van der Waals surface area contributed by atoms with E-state index in [1.807, 2.05) is 95.4 Å². The van der Waals surface area contributed by atoms with E-state index in [0.717, 1.165) is 44.2 Å². The van der Waals surface area contributed by atoms with Gasteiger partial charge in [-0.2, -0.15) is 5.10 Å². The van der Waals surface area contributed by atoms with Crippen molar-refractivity contribution in [1.29, 1.82) is 0 Å². The van der Waals surface area contributed by atoms with Gasteiger partial charge in [-0.25, -0.2) is 9.48 Å². The molecule has 0 saturated carbocycles. The number of halogens is 1. The number of nitrogens with zero attached hydrogens (tertiary/aromatic N) is 4. The molecule has 0 aliphatic carbocycles. The lowest BCUT2D eigenvalue weighted by molar-refractivity contribution is 0.194. The maximum absolute atomic E-state index is 13.9. The molecule has 2 aromatic heterocycles. The van der Waals surface area contributed by atoms with E-state index in [9.17, 15) is 4.79 Å². The Hall–Kier alpha value is -4.10. The zero-order valence-corrected chi connectivity index (χ0v) is 21.3. The number of hydrogen-bond acceptors (Lipinski definition) is 2. The number of fused-ring (bicyclic) bond motifs is 3. The molecule has 6 rings (SSSR count). The zero-order chi connectivity index (χ0) is 24.6. The van der Waals surface area contributed by atoms with Gasteiger partial charge < -0.3 is 14.8 Å². The second-order valence-electron chi connectivity index (χ2n) is 8.82. The summed E-state index contributed by atoms with van der Waals surface area (Å²) >= 11 is 3.50. The van der Waals surface area contributed by atoms with Crippen molar-refractivity contribution in [2.24, 2.45) is 0 Å². The molecule has 3 heterocycles. The summed E-state index contributed by atoms with van der Waals surface area (Å²) in [6.07, 6.45) is 2.06. The van der Waals surface area contributed by atoms with Crippen molar-refractivity contribution < 1.29 is 4.79 Å². The van der Waals surface area contributed by atoms with E-state index in [0.29, 0.717) is 6.54 Å². The summed E-state index contributed by atoms with van der Waals surface area (Å²) in [7, 11) is 0. The summed E-state index contributed by atoms with van der Waals surface area (Å²) in [5.74, 6) is 0.956. The van der Waals surface area contributed by atoms with Crippen molar-refractivity contribution in [3.63, 3.8) is 0 Å². The molecule has 36 heavy (non-hydrogen) atoms. The molecular formula is C29H24BrN5O. The molecular weight excluding hydrogens is 514 g/mol. The standard InChI is InChI=1S/C29H24BrN5O/c1-20-25-19-34(29(36)31-23-13-8-12-22(30)18-23)27(21-10-4-2-5-11-21)26-16-9-17-33(26)28(25)35(32-20)24-14-6-3-7-15-24/h2-18,27H,19H2,1H3,(H,31,36)/t27-/m0/s1. The van der Waals surface area contributed by atoms with Crippen LogP contribution in [0.2, 0.25) is 0 Å². The highest BCUT2D eigenvalue weighted by molar-refractivity contribution is 9.10. The maximum Gasteiger partial charge on any atom is 0.322 e. The van der Waals surface area contributed by atoms with Gasteiger partial charge in [0.2, 0.25) is 0 Å². The molecule has 3 aromatic carbocycles. The summed E-state index contributed by atoms with van der Waals surface area (Å²) in [6, 6.07) is 31.6. The van der Waals surface area contributed by atoms with E-state index in [4.69, 9.17) is 5.10 Å². The van der Waals surface area contributed by atoms with Gasteiger partial charge in [0, 0.05) is 21.9 Å². The van der Waals surface area contributed by atoms with Gasteiger partial charge in [-0.3, -0.25) is 0 Å². The van der Waals surface area contributed by atoms with E-state index in [1.54, 1.807) is 0 Å². The summed E-state index contributed by atoms with van der Waals surface area (Å²) in [4.78, 5) is 15.8. The second kappa shape index (κ2) is 9.17. The molecule has 1 aliphatic rings. The first-order chi connectivity index (χ1) is 17.6. The largest absolute Gasteiger partial charge is 0.322 e. The number of urea groups is 1. The lowest BCUT2D eigenvalue weighted by atomic mass is 10.0. The van der Waals surface area contributed by atoms with Gasteiger partial charge in [0.25, 0.3) is 0 Å². The van der Waals surface area contributed by atoms with Crippen LogP contribution in [-0.4, -0.2) is 25.3 Å². The molecule has 0 spiro atoms. The van der Waals surface area contributed by atoms with Crippen molar-refractivity contribution in [2.75, 3.05) is 5.32 Å². The number of rotatable bonds is 3. The smallest absolute Gasteiger partial charge is 0.308 e. The number of hydrogen-bond donors (Lipinski definition) is 1. The highest BCUT2D eigenvalue weighted by Crippen LogP contribution is 2.38. The van der Waals surface area contributed by atoms with E-state index >= 15 is 0 Å². The van der Waals surface area contributed by atoms with Crippen molar-refractivity contribution >= 4 is 27.6 Å². The van der Waals surface area contributed by atoms with Crippen LogP contribution < -0.4 is 5.32 Å². The van der Waals surface area contributed by atoms with Crippen molar-refractivity contribution in [1.82, 2.24) is 19.2 Å². The van der Waals surface area contributed by atoms with Crippen LogP contribution in [0.25, 0.3) is 11.5 Å². The molecule has 0 bridgehead atoms. The van der Waals surface area contributed by atoms with Crippen molar-refractivity contribution in [3.05, 3.63) is 130 Å². The number of benzene rings is 3. The summed E-state index contributed by atoms with van der Waals surface area (Å²) < 4.78 is 5.06. The highest BCUT2D eigenvalue weighted by Gasteiger charge is 2.35. The van der Waals surface area contributed by atoms with Crippen molar-refractivity contribution in [3.8, 4) is 11.5 Å². The first-order valence-corrected chi connectivity index (χ1v) is 12.6. The zero-order valence-electron chi connectivity index (χ0n) is 19.7. The lowest BCUT2D eigenvalue weighted by Gasteiger charge is -2.31. The molecule has 0 unspecified atom stereocenters. The number of nitrogens with one attached hydrogen (secondary N) is 1. The normalized spacial score (nSPS) is 14.6. The van der Waals surface area contributed by atoms with Crippen LogP contribution in [0.3, 0.4) is 0 Å². The van der Waals surface area contributed by atoms with E-state index in [2.05, 4.69) is 50.2 Å². The monoisotopic (exact) mass is 537 g/mol. The first-order valence-electron chi connectivity index (χ1n) is 11.8. The van der Waals surface area contributed by atoms with E-state index in [-0.39, 0.29) is 12.1 Å². The highest BCUT2D eigenvalue weighted by atomic mass is 79.9. The van der Waals surface area contributed by atoms with Crippen LogP contribution in [0.4, 0.5) is 10.5 Å². The number of carbonyl (C=O) groups excluding carboxylic acids is 1. The number of carbonyl (C=O) groups is 1. The fraction of sp³-hybridized carbons (Fsp3) is 0.103. The number of amides is 2. The minimum atomic E-state index is -0.288. The predicted molar refractivity (Wildman–Crippen MR) is 145 cm³/mol. The van der Waals surface area contributed by atoms with E-state index in [1.165, 1.54) is 0 Å². The maximum atomic E-state index is 13.9. The first kappa shape index (κ1) is 22.4. The van der Waals surface area contributed by atoms with Gasteiger partial charge in [0.1, 0.15) is 5.82 Å². The molecule has 0 fully saturated rings. The van der Waals surface area contributed by atoms with Crippen LogP contribution in [0, 0.1) is 6.92 Å². The van der Waals surface area contributed by atoms with Crippen LogP contribution in [0.1, 0.15) is 28.6 Å². The average molecular weight is 538 g/mol. The SMILES string of the molecule is Cc1nn(-c2ccccc2)c2c1CN(C(=O)Nc1cccc(Br)c1)[C@@H](c1ccccc1)c1cccn1-2. The number of aromatic nitrogens is 3. The summed E-state index contributed by atoms with van der Waals surface area (Å²) in [5.41, 5.74) is 5.66. The minimum absolute atomic E-state index is 0.172. The van der Waals surface area contributed by atoms with Crippen LogP contribution in [0.5, 0.6) is 0 Å². The summed E-state index contributed by atoms with van der Waals surface area (Å²) in [6.45, 7) is 2.42. The van der Waals surface area contributed by atoms with Crippen molar-refractivity contribution in [2.45, 2.75) is 19.5 Å².